The molecule has 1 aromatic rings. The van der Waals surface area contributed by atoms with E-state index in [2.05, 4.69) is 23.2 Å². The van der Waals surface area contributed by atoms with Gasteiger partial charge < -0.3 is 5.32 Å². The fourth-order valence-electron chi connectivity index (χ4n) is 2.66. The summed E-state index contributed by atoms with van der Waals surface area (Å²) in [4.78, 5) is 14.6. The van der Waals surface area contributed by atoms with Crippen molar-refractivity contribution in [3.05, 3.63) is 29.3 Å². The van der Waals surface area contributed by atoms with Gasteiger partial charge in [0.05, 0.1) is 6.04 Å². The van der Waals surface area contributed by atoms with E-state index in [4.69, 9.17) is 0 Å². The number of anilines is 1. The first-order valence-corrected chi connectivity index (χ1v) is 7.20. The number of benzene rings is 1. The van der Waals surface area contributed by atoms with Crippen LogP contribution in [0.4, 0.5) is 5.69 Å². The number of nitrogens with zero attached hydrogens (tertiary/aromatic N) is 1. The number of nitrogens with one attached hydrogen (secondary N) is 1. The lowest BCUT2D eigenvalue weighted by Gasteiger charge is -2.31. The average molecular weight is 260 g/mol. The minimum absolute atomic E-state index is 0.0407. The summed E-state index contributed by atoms with van der Waals surface area (Å²) in [5.41, 5.74) is 3.28. The van der Waals surface area contributed by atoms with Gasteiger partial charge in [0.25, 0.3) is 0 Å². The standard InChI is InChI=1S/C16H24N2O/c1-12-7-8-15(13(2)11-12)17-16(19)14(3)18-9-5-4-6-10-18/h7-8,11,14H,4-6,9-10H2,1-3H3,(H,17,19)/t14-/m0/s1. The first-order valence-electron chi connectivity index (χ1n) is 7.20. The number of carbonyl (C=O) groups excluding carboxylic acids is 1. The molecule has 1 aliphatic heterocycles. The molecule has 0 aromatic heterocycles. The third-order valence-electron chi connectivity index (χ3n) is 3.96. The van der Waals surface area contributed by atoms with Crippen molar-refractivity contribution < 1.29 is 4.79 Å². The minimum Gasteiger partial charge on any atom is -0.324 e. The van der Waals surface area contributed by atoms with Gasteiger partial charge in [0.1, 0.15) is 0 Å². The number of hydrogen-bond donors (Lipinski definition) is 1. The summed E-state index contributed by atoms with van der Waals surface area (Å²) in [6, 6.07) is 6.09. The van der Waals surface area contributed by atoms with Crippen LogP contribution in [0.15, 0.2) is 18.2 Å². The molecule has 1 heterocycles. The Morgan fingerprint density at radius 2 is 1.89 bits per heavy atom. The van der Waals surface area contributed by atoms with Crippen molar-refractivity contribution in [1.82, 2.24) is 4.90 Å². The fourth-order valence-corrected chi connectivity index (χ4v) is 2.66. The topological polar surface area (TPSA) is 32.3 Å². The van der Waals surface area contributed by atoms with E-state index in [-0.39, 0.29) is 11.9 Å². The van der Waals surface area contributed by atoms with E-state index in [1.165, 1.54) is 24.8 Å². The van der Waals surface area contributed by atoms with Crippen LogP contribution in [-0.2, 0) is 4.79 Å². The lowest BCUT2D eigenvalue weighted by Crippen LogP contribution is -2.44. The molecule has 0 bridgehead atoms. The van der Waals surface area contributed by atoms with E-state index < -0.39 is 0 Å². The number of likely N-dealkylation sites (tertiary alicyclic amines) is 1. The highest BCUT2D eigenvalue weighted by molar-refractivity contribution is 5.95. The van der Waals surface area contributed by atoms with E-state index in [0.29, 0.717) is 0 Å². The first-order chi connectivity index (χ1) is 9.08. The summed E-state index contributed by atoms with van der Waals surface area (Å²) in [5, 5.41) is 3.05. The van der Waals surface area contributed by atoms with E-state index in [1.54, 1.807) is 0 Å². The van der Waals surface area contributed by atoms with Gasteiger partial charge in [-0.3, -0.25) is 9.69 Å². The van der Waals surface area contributed by atoms with Gasteiger partial charge in [-0.05, 0) is 58.3 Å². The quantitative estimate of drug-likeness (QED) is 0.905. The second-order valence-corrected chi connectivity index (χ2v) is 5.58. The molecule has 1 saturated heterocycles. The highest BCUT2D eigenvalue weighted by Crippen LogP contribution is 2.18. The number of rotatable bonds is 3. The lowest BCUT2D eigenvalue weighted by atomic mass is 10.1. The zero-order valence-corrected chi connectivity index (χ0v) is 12.2. The summed E-state index contributed by atoms with van der Waals surface area (Å²) < 4.78 is 0. The maximum atomic E-state index is 12.3. The van der Waals surface area contributed by atoms with Crippen molar-refractivity contribution in [2.45, 2.75) is 46.1 Å². The highest BCUT2D eigenvalue weighted by Gasteiger charge is 2.22. The molecule has 0 aliphatic carbocycles. The van der Waals surface area contributed by atoms with Crippen molar-refractivity contribution in [3.8, 4) is 0 Å². The van der Waals surface area contributed by atoms with Gasteiger partial charge in [0.2, 0.25) is 5.91 Å². The van der Waals surface area contributed by atoms with Gasteiger partial charge in [-0.25, -0.2) is 0 Å². The van der Waals surface area contributed by atoms with Gasteiger partial charge in [-0.1, -0.05) is 24.1 Å². The van der Waals surface area contributed by atoms with Crippen molar-refractivity contribution in [2.75, 3.05) is 18.4 Å². The summed E-state index contributed by atoms with van der Waals surface area (Å²) in [5.74, 6) is 0.105. The summed E-state index contributed by atoms with van der Waals surface area (Å²) in [7, 11) is 0. The van der Waals surface area contributed by atoms with Crippen molar-refractivity contribution in [3.63, 3.8) is 0 Å². The van der Waals surface area contributed by atoms with E-state index in [1.807, 2.05) is 26.0 Å². The Labute approximate surface area is 116 Å². The maximum absolute atomic E-state index is 12.3. The molecule has 1 aliphatic rings. The molecule has 2 rings (SSSR count). The number of hydrogen-bond acceptors (Lipinski definition) is 2. The van der Waals surface area contributed by atoms with Crippen LogP contribution in [0.1, 0.15) is 37.3 Å². The van der Waals surface area contributed by atoms with Crippen LogP contribution in [0.3, 0.4) is 0 Å². The zero-order valence-electron chi connectivity index (χ0n) is 12.2. The molecule has 0 unspecified atom stereocenters. The molecule has 3 nitrogen and oxygen atoms in total. The van der Waals surface area contributed by atoms with E-state index >= 15 is 0 Å². The SMILES string of the molecule is Cc1ccc(NC(=O)[C@H](C)N2CCCCC2)c(C)c1. The molecule has 104 valence electrons. The monoisotopic (exact) mass is 260 g/mol. The predicted molar refractivity (Wildman–Crippen MR) is 79.4 cm³/mol. The Morgan fingerprint density at radius 3 is 2.53 bits per heavy atom. The minimum atomic E-state index is -0.0407. The van der Waals surface area contributed by atoms with Gasteiger partial charge in [0.15, 0.2) is 0 Å². The van der Waals surface area contributed by atoms with Gasteiger partial charge in [-0.15, -0.1) is 0 Å². The Kier molecular flexibility index (Phi) is 4.59. The lowest BCUT2D eigenvalue weighted by molar-refractivity contribution is -0.121. The third-order valence-corrected chi connectivity index (χ3v) is 3.96. The molecule has 0 saturated carbocycles. The van der Waals surface area contributed by atoms with Crippen LogP contribution in [-0.4, -0.2) is 29.9 Å². The largest absolute Gasteiger partial charge is 0.324 e. The molecule has 1 fully saturated rings. The maximum Gasteiger partial charge on any atom is 0.241 e. The molecule has 1 amide bonds. The Hall–Kier alpha value is -1.35. The molecule has 1 aromatic carbocycles. The average Bonchev–Trinajstić information content (AvgIpc) is 2.42. The number of piperidine rings is 1. The molecule has 19 heavy (non-hydrogen) atoms. The van der Waals surface area contributed by atoms with Crippen molar-refractivity contribution in [1.29, 1.82) is 0 Å². The highest BCUT2D eigenvalue weighted by atomic mass is 16.2. The van der Waals surface area contributed by atoms with Crippen LogP contribution in [0, 0.1) is 13.8 Å². The molecule has 0 radical (unpaired) electrons. The van der Waals surface area contributed by atoms with Crippen LogP contribution in [0.25, 0.3) is 0 Å². The number of amides is 1. The molecule has 0 spiro atoms. The molecule has 1 N–H and O–H groups in total. The van der Waals surface area contributed by atoms with Crippen molar-refractivity contribution >= 4 is 11.6 Å². The Balaban J connectivity index is 1.99. The molecule has 3 heteroatoms. The summed E-state index contributed by atoms with van der Waals surface area (Å²) in [6.07, 6.45) is 3.71. The third kappa shape index (κ3) is 3.57. The molecular weight excluding hydrogens is 236 g/mol. The Bertz CT molecular complexity index is 450. The molecule has 1 atom stereocenters. The summed E-state index contributed by atoms with van der Waals surface area (Å²) >= 11 is 0. The summed E-state index contributed by atoms with van der Waals surface area (Å²) in [6.45, 7) is 8.19. The van der Waals surface area contributed by atoms with Gasteiger partial charge in [0, 0.05) is 5.69 Å². The smallest absolute Gasteiger partial charge is 0.241 e. The van der Waals surface area contributed by atoms with E-state index in [9.17, 15) is 4.79 Å². The van der Waals surface area contributed by atoms with Crippen LogP contribution in [0.2, 0.25) is 0 Å². The molecular formula is C16H24N2O. The van der Waals surface area contributed by atoms with Crippen LogP contribution in [0.5, 0.6) is 0 Å². The predicted octanol–water partition coefficient (Wildman–Crippen LogP) is 3.12. The fraction of sp³-hybridized carbons (Fsp3) is 0.562. The first kappa shape index (κ1) is 14.1. The van der Waals surface area contributed by atoms with Crippen LogP contribution >= 0.6 is 0 Å². The van der Waals surface area contributed by atoms with Gasteiger partial charge in [-0.2, -0.15) is 0 Å². The van der Waals surface area contributed by atoms with Gasteiger partial charge >= 0.3 is 0 Å². The number of carbonyl (C=O) groups is 1. The second-order valence-electron chi connectivity index (χ2n) is 5.58. The second kappa shape index (κ2) is 6.20. The zero-order chi connectivity index (χ0) is 13.8. The number of aryl methyl sites for hydroxylation is 2. The van der Waals surface area contributed by atoms with Crippen LogP contribution < -0.4 is 5.32 Å². The normalized spacial score (nSPS) is 18.1. The van der Waals surface area contributed by atoms with E-state index in [0.717, 1.165) is 24.3 Å². The Morgan fingerprint density at radius 1 is 1.21 bits per heavy atom. The van der Waals surface area contributed by atoms with Crippen molar-refractivity contribution in [2.24, 2.45) is 0 Å².